The van der Waals surface area contributed by atoms with Crippen molar-refractivity contribution < 1.29 is 18.0 Å². The first-order chi connectivity index (χ1) is 12.2. The molecule has 0 saturated heterocycles. The number of halogens is 3. The van der Waals surface area contributed by atoms with Gasteiger partial charge in [0.05, 0.1) is 6.54 Å². The summed E-state index contributed by atoms with van der Waals surface area (Å²) in [7, 11) is 0. The van der Waals surface area contributed by atoms with E-state index in [-0.39, 0.29) is 18.9 Å². The molecule has 0 heterocycles. The van der Waals surface area contributed by atoms with Crippen LogP contribution < -0.4 is 5.32 Å². The maximum atomic E-state index is 12.3. The van der Waals surface area contributed by atoms with Crippen molar-refractivity contribution in [1.82, 2.24) is 5.32 Å². The number of allylic oxidation sites excluding steroid dienone is 3. The molecular weight excluding hydrogens is 341 g/mol. The highest BCUT2D eigenvalue weighted by molar-refractivity contribution is 5.95. The van der Waals surface area contributed by atoms with Crippen LogP contribution in [0.25, 0.3) is 0 Å². The molecule has 0 atom stereocenters. The van der Waals surface area contributed by atoms with E-state index < -0.39 is 12.6 Å². The highest BCUT2D eigenvalue weighted by Gasteiger charge is 2.26. The standard InChI is InChI=1S/C20H25F3N2O/c1-4-5-16(10-11-20(21,22)23)14-24-12-13-25-19(26)18-8-6-17(7-9-18)15(2)3/h4-9,12,14-15H,10-11,13H2,1-3H3,(H,25,26)/b5-4-,16-14+,24-12+. The summed E-state index contributed by atoms with van der Waals surface area (Å²) in [6, 6.07) is 7.37. The van der Waals surface area contributed by atoms with Crippen molar-refractivity contribution >= 4 is 12.1 Å². The molecule has 0 fully saturated rings. The molecule has 0 spiro atoms. The van der Waals surface area contributed by atoms with Gasteiger partial charge in [0.1, 0.15) is 0 Å². The number of rotatable bonds is 8. The first kappa shape index (κ1) is 21.7. The van der Waals surface area contributed by atoms with Gasteiger partial charge in [-0.3, -0.25) is 9.79 Å². The Bertz CT molecular complexity index is 657. The molecule has 3 nitrogen and oxygen atoms in total. The average molecular weight is 366 g/mol. The lowest BCUT2D eigenvalue weighted by atomic mass is 10.0. The molecule has 0 bridgehead atoms. The zero-order valence-electron chi connectivity index (χ0n) is 15.3. The van der Waals surface area contributed by atoms with Crippen molar-refractivity contribution in [2.45, 2.75) is 45.7 Å². The van der Waals surface area contributed by atoms with Crippen molar-refractivity contribution in [1.29, 1.82) is 0 Å². The SMILES string of the molecule is C\C=C/C(=C\N=C\CNC(=O)c1ccc(C(C)C)cc1)CCC(F)(F)F. The summed E-state index contributed by atoms with van der Waals surface area (Å²) in [4.78, 5) is 16.0. The second-order valence-corrected chi connectivity index (χ2v) is 6.14. The number of hydrogen-bond donors (Lipinski definition) is 1. The zero-order chi connectivity index (χ0) is 19.6. The number of alkyl halides is 3. The molecule has 0 radical (unpaired) electrons. The van der Waals surface area contributed by atoms with Gasteiger partial charge in [-0.15, -0.1) is 0 Å². The minimum atomic E-state index is -4.19. The number of nitrogens with zero attached hydrogens (tertiary/aromatic N) is 1. The first-order valence-electron chi connectivity index (χ1n) is 8.51. The van der Waals surface area contributed by atoms with Crippen LogP contribution in [0.3, 0.4) is 0 Å². The summed E-state index contributed by atoms with van der Waals surface area (Å²) in [5.74, 6) is 0.177. The van der Waals surface area contributed by atoms with Crippen LogP contribution in [0.1, 0.15) is 55.5 Å². The Hall–Kier alpha value is -2.37. The molecular formula is C20H25F3N2O. The van der Waals surface area contributed by atoms with Gasteiger partial charge in [-0.25, -0.2) is 0 Å². The van der Waals surface area contributed by atoms with E-state index in [2.05, 4.69) is 24.2 Å². The van der Waals surface area contributed by atoms with Crippen molar-refractivity contribution in [2.24, 2.45) is 4.99 Å². The van der Waals surface area contributed by atoms with Gasteiger partial charge >= 0.3 is 6.18 Å². The fourth-order valence-electron chi connectivity index (χ4n) is 2.15. The lowest BCUT2D eigenvalue weighted by Gasteiger charge is -2.07. The second kappa shape index (κ2) is 10.6. The predicted molar refractivity (Wildman–Crippen MR) is 99.5 cm³/mol. The van der Waals surface area contributed by atoms with Gasteiger partial charge < -0.3 is 5.32 Å². The van der Waals surface area contributed by atoms with Crippen LogP contribution in [0.5, 0.6) is 0 Å². The Morgan fingerprint density at radius 1 is 1.23 bits per heavy atom. The maximum Gasteiger partial charge on any atom is 0.389 e. The number of hydrogen-bond acceptors (Lipinski definition) is 2. The van der Waals surface area contributed by atoms with Crippen LogP contribution in [0, 0.1) is 0 Å². The first-order valence-corrected chi connectivity index (χ1v) is 8.51. The number of amides is 1. The minimum Gasteiger partial charge on any atom is -0.347 e. The third kappa shape index (κ3) is 8.65. The third-order valence-electron chi connectivity index (χ3n) is 3.62. The van der Waals surface area contributed by atoms with Gasteiger partial charge in [0.25, 0.3) is 5.91 Å². The zero-order valence-corrected chi connectivity index (χ0v) is 15.3. The molecule has 1 aromatic carbocycles. The van der Waals surface area contributed by atoms with E-state index in [1.54, 1.807) is 31.2 Å². The topological polar surface area (TPSA) is 41.5 Å². The molecule has 0 unspecified atom stereocenters. The average Bonchev–Trinajstić information content (AvgIpc) is 2.58. The van der Waals surface area contributed by atoms with E-state index in [4.69, 9.17) is 0 Å². The fraction of sp³-hybridized carbons (Fsp3) is 0.400. The van der Waals surface area contributed by atoms with Crippen molar-refractivity contribution in [3.05, 3.63) is 59.3 Å². The molecule has 6 heteroatoms. The van der Waals surface area contributed by atoms with Crippen molar-refractivity contribution in [2.75, 3.05) is 6.54 Å². The Morgan fingerprint density at radius 2 is 1.88 bits per heavy atom. The summed E-state index contributed by atoms with van der Waals surface area (Å²) in [5.41, 5.74) is 2.19. The highest BCUT2D eigenvalue weighted by Crippen LogP contribution is 2.24. The summed E-state index contributed by atoms with van der Waals surface area (Å²) in [6.45, 7) is 6.09. The Kier molecular flexibility index (Phi) is 8.82. The van der Waals surface area contributed by atoms with Crippen LogP contribution in [-0.4, -0.2) is 24.8 Å². The van der Waals surface area contributed by atoms with Gasteiger partial charge in [-0.05, 0) is 42.5 Å². The van der Waals surface area contributed by atoms with Crippen LogP contribution in [-0.2, 0) is 0 Å². The van der Waals surface area contributed by atoms with Gasteiger partial charge in [-0.2, -0.15) is 13.2 Å². The highest BCUT2D eigenvalue weighted by atomic mass is 19.4. The Labute approximate surface area is 152 Å². The smallest absolute Gasteiger partial charge is 0.347 e. The largest absolute Gasteiger partial charge is 0.389 e. The summed E-state index contributed by atoms with van der Waals surface area (Å²) >= 11 is 0. The maximum absolute atomic E-state index is 12.3. The van der Waals surface area contributed by atoms with Gasteiger partial charge in [-0.1, -0.05) is 38.1 Å². The van der Waals surface area contributed by atoms with Crippen LogP contribution in [0.4, 0.5) is 13.2 Å². The van der Waals surface area contributed by atoms with E-state index in [0.29, 0.717) is 17.1 Å². The number of carbonyl (C=O) groups excluding carboxylic acids is 1. The molecule has 1 amide bonds. The summed E-state index contributed by atoms with van der Waals surface area (Å²) in [5, 5.41) is 2.69. The van der Waals surface area contributed by atoms with E-state index in [9.17, 15) is 18.0 Å². The minimum absolute atomic E-state index is 0.125. The molecule has 142 valence electrons. The molecule has 1 N–H and O–H groups in total. The molecule has 0 aliphatic rings. The Morgan fingerprint density at radius 3 is 2.42 bits per heavy atom. The number of benzene rings is 1. The van der Waals surface area contributed by atoms with E-state index in [1.165, 1.54) is 12.4 Å². The predicted octanol–water partition coefficient (Wildman–Crippen LogP) is 5.41. The third-order valence-corrected chi connectivity index (χ3v) is 3.62. The van der Waals surface area contributed by atoms with Gasteiger partial charge in [0.15, 0.2) is 0 Å². The van der Waals surface area contributed by atoms with Gasteiger partial charge in [0.2, 0.25) is 0 Å². The molecule has 0 aromatic heterocycles. The lowest BCUT2D eigenvalue weighted by Crippen LogP contribution is -2.25. The summed E-state index contributed by atoms with van der Waals surface area (Å²) < 4.78 is 36.8. The molecule has 1 rings (SSSR count). The number of nitrogens with one attached hydrogen (secondary N) is 1. The molecule has 0 aliphatic carbocycles. The normalized spacial score (nSPS) is 13.1. The van der Waals surface area contributed by atoms with E-state index >= 15 is 0 Å². The molecule has 1 aromatic rings. The van der Waals surface area contributed by atoms with E-state index in [0.717, 1.165) is 5.56 Å². The quantitative estimate of drug-likeness (QED) is 0.485. The summed E-state index contributed by atoms with van der Waals surface area (Å²) in [6.07, 6.45) is 0.899. The van der Waals surface area contributed by atoms with E-state index in [1.807, 2.05) is 12.1 Å². The molecule has 0 saturated carbocycles. The van der Waals surface area contributed by atoms with Crippen LogP contribution in [0.2, 0.25) is 0 Å². The molecule has 0 aliphatic heterocycles. The number of aliphatic imine (C=N–C) groups is 1. The monoisotopic (exact) mass is 366 g/mol. The lowest BCUT2D eigenvalue weighted by molar-refractivity contribution is -0.133. The van der Waals surface area contributed by atoms with Crippen LogP contribution in [0.15, 0.2) is 53.2 Å². The van der Waals surface area contributed by atoms with Crippen molar-refractivity contribution in [3.8, 4) is 0 Å². The molecule has 26 heavy (non-hydrogen) atoms. The van der Waals surface area contributed by atoms with Gasteiger partial charge in [0, 0.05) is 24.4 Å². The van der Waals surface area contributed by atoms with Crippen LogP contribution >= 0.6 is 0 Å². The Balaban J connectivity index is 2.52. The number of carbonyl (C=O) groups is 1. The fourth-order valence-corrected chi connectivity index (χ4v) is 2.15. The second-order valence-electron chi connectivity index (χ2n) is 6.14. The van der Waals surface area contributed by atoms with Crippen molar-refractivity contribution in [3.63, 3.8) is 0 Å².